The second kappa shape index (κ2) is 5.75. The van der Waals surface area contributed by atoms with Gasteiger partial charge in [0.05, 0.1) is 25.2 Å². The van der Waals surface area contributed by atoms with E-state index in [1.165, 1.54) is 30.8 Å². The number of carbonyl (C=O) groups excluding carboxylic acids is 1. The molecule has 6 nitrogen and oxygen atoms in total. The van der Waals surface area contributed by atoms with Gasteiger partial charge in [0.1, 0.15) is 0 Å². The first-order valence-corrected chi connectivity index (χ1v) is 6.61. The third-order valence-corrected chi connectivity index (χ3v) is 3.17. The summed E-state index contributed by atoms with van der Waals surface area (Å²) in [6.45, 7) is 4.17. The zero-order chi connectivity index (χ0) is 13.8. The maximum absolute atomic E-state index is 11.2. The predicted molar refractivity (Wildman–Crippen MR) is 72.9 cm³/mol. The maximum Gasteiger partial charge on any atom is 0.358 e. The molecule has 0 atom stereocenters. The molecule has 7 heteroatoms. The van der Waals surface area contributed by atoms with Crippen molar-refractivity contribution in [3.63, 3.8) is 0 Å². The van der Waals surface area contributed by atoms with Gasteiger partial charge in [-0.1, -0.05) is 13.8 Å². The molecule has 0 fully saturated rings. The van der Waals surface area contributed by atoms with E-state index in [0.29, 0.717) is 11.7 Å². The van der Waals surface area contributed by atoms with Crippen molar-refractivity contribution in [2.75, 3.05) is 12.4 Å². The number of anilines is 2. The number of nitrogens with zero attached hydrogens (tertiary/aromatic N) is 3. The van der Waals surface area contributed by atoms with Gasteiger partial charge < -0.3 is 10.1 Å². The summed E-state index contributed by atoms with van der Waals surface area (Å²) in [6.07, 6.45) is 2.84. The van der Waals surface area contributed by atoms with Gasteiger partial charge in [-0.15, -0.1) is 11.3 Å². The first-order valence-electron chi connectivity index (χ1n) is 5.73. The van der Waals surface area contributed by atoms with Crippen molar-refractivity contribution in [3.8, 4) is 0 Å². The molecular formula is C12H14N4O2S. The van der Waals surface area contributed by atoms with E-state index in [4.69, 9.17) is 0 Å². The number of rotatable bonds is 4. The quantitative estimate of drug-likeness (QED) is 0.866. The average Bonchev–Trinajstić information content (AvgIpc) is 2.87. The van der Waals surface area contributed by atoms with E-state index in [9.17, 15) is 4.79 Å². The van der Waals surface area contributed by atoms with Crippen LogP contribution in [-0.2, 0) is 4.74 Å². The number of nitrogens with one attached hydrogen (secondary N) is 1. The number of methoxy groups -OCH3 is 1. The second-order valence-electron chi connectivity index (χ2n) is 4.14. The van der Waals surface area contributed by atoms with Crippen molar-refractivity contribution >= 4 is 28.3 Å². The number of esters is 1. The molecule has 0 aliphatic heterocycles. The Hall–Kier alpha value is -2.02. The van der Waals surface area contributed by atoms with Crippen LogP contribution in [0.3, 0.4) is 0 Å². The fraction of sp³-hybridized carbons (Fsp3) is 0.333. The lowest BCUT2D eigenvalue weighted by molar-refractivity contribution is 0.0593. The van der Waals surface area contributed by atoms with Crippen LogP contribution >= 0.6 is 11.3 Å². The van der Waals surface area contributed by atoms with Crippen molar-refractivity contribution in [1.29, 1.82) is 0 Å². The number of ether oxygens (including phenoxy) is 1. The summed E-state index contributed by atoms with van der Waals surface area (Å²) in [4.78, 5) is 23.7. The highest BCUT2D eigenvalue weighted by Crippen LogP contribution is 2.23. The van der Waals surface area contributed by atoms with E-state index in [2.05, 4.69) is 38.9 Å². The lowest BCUT2D eigenvalue weighted by Crippen LogP contribution is -2.05. The highest BCUT2D eigenvalue weighted by atomic mass is 32.1. The third-order valence-electron chi connectivity index (χ3n) is 2.39. The number of thiazole rings is 1. The Labute approximate surface area is 114 Å². The SMILES string of the molecule is COC(=O)c1cnc(Nc2nc(C(C)C)cs2)cn1. The molecule has 2 aromatic rings. The molecular weight excluding hydrogens is 264 g/mol. The summed E-state index contributed by atoms with van der Waals surface area (Å²) in [5, 5.41) is 5.80. The van der Waals surface area contributed by atoms with Crippen LogP contribution in [0.5, 0.6) is 0 Å². The Kier molecular flexibility index (Phi) is 4.06. The second-order valence-corrected chi connectivity index (χ2v) is 4.99. The smallest absolute Gasteiger partial charge is 0.358 e. The van der Waals surface area contributed by atoms with E-state index in [1.54, 1.807) is 0 Å². The van der Waals surface area contributed by atoms with Crippen molar-refractivity contribution < 1.29 is 9.53 Å². The summed E-state index contributed by atoms with van der Waals surface area (Å²) < 4.78 is 4.55. The molecule has 19 heavy (non-hydrogen) atoms. The van der Waals surface area contributed by atoms with Crippen LogP contribution in [0, 0.1) is 0 Å². The molecule has 1 N–H and O–H groups in total. The Morgan fingerprint density at radius 3 is 2.68 bits per heavy atom. The monoisotopic (exact) mass is 278 g/mol. The maximum atomic E-state index is 11.2. The third kappa shape index (κ3) is 3.25. The van der Waals surface area contributed by atoms with Crippen molar-refractivity contribution in [3.05, 3.63) is 29.2 Å². The van der Waals surface area contributed by atoms with E-state index in [1.807, 2.05) is 5.38 Å². The molecule has 0 radical (unpaired) electrons. The molecule has 0 unspecified atom stereocenters. The van der Waals surface area contributed by atoms with Crippen LogP contribution in [0.1, 0.15) is 35.9 Å². The molecule has 0 saturated carbocycles. The van der Waals surface area contributed by atoms with Crippen LogP contribution in [0.4, 0.5) is 10.9 Å². The number of hydrogen-bond donors (Lipinski definition) is 1. The Morgan fingerprint density at radius 2 is 2.16 bits per heavy atom. The molecule has 2 rings (SSSR count). The zero-order valence-electron chi connectivity index (χ0n) is 10.9. The molecule has 0 amide bonds. The van der Waals surface area contributed by atoms with Crippen LogP contribution < -0.4 is 5.32 Å². The molecule has 2 heterocycles. The van der Waals surface area contributed by atoms with Crippen molar-refractivity contribution in [2.45, 2.75) is 19.8 Å². The summed E-state index contributed by atoms with van der Waals surface area (Å²) in [6, 6.07) is 0. The molecule has 0 aliphatic carbocycles. The average molecular weight is 278 g/mol. The van der Waals surface area contributed by atoms with Crippen LogP contribution in [-0.4, -0.2) is 28.0 Å². The molecule has 0 spiro atoms. The highest BCUT2D eigenvalue weighted by molar-refractivity contribution is 7.13. The fourth-order valence-corrected chi connectivity index (χ4v) is 2.20. The summed E-state index contributed by atoms with van der Waals surface area (Å²) in [5.74, 6) is 0.423. The molecule has 0 aliphatic rings. The Balaban J connectivity index is 2.08. The fourth-order valence-electron chi connectivity index (χ4n) is 1.32. The summed E-state index contributed by atoms with van der Waals surface area (Å²) >= 11 is 1.51. The van der Waals surface area contributed by atoms with Gasteiger partial charge in [0.25, 0.3) is 0 Å². The molecule has 2 aromatic heterocycles. The topological polar surface area (TPSA) is 77.0 Å². The minimum absolute atomic E-state index is 0.176. The van der Waals surface area contributed by atoms with Crippen molar-refractivity contribution in [1.82, 2.24) is 15.0 Å². The van der Waals surface area contributed by atoms with Gasteiger partial charge in [-0.05, 0) is 5.92 Å². The predicted octanol–water partition coefficient (Wildman–Crippen LogP) is 2.59. The largest absolute Gasteiger partial charge is 0.464 e. The highest BCUT2D eigenvalue weighted by Gasteiger charge is 2.09. The first-order chi connectivity index (χ1) is 9.10. The van der Waals surface area contributed by atoms with E-state index in [0.717, 1.165) is 10.8 Å². The Morgan fingerprint density at radius 1 is 1.37 bits per heavy atom. The van der Waals surface area contributed by atoms with Crippen LogP contribution in [0.15, 0.2) is 17.8 Å². The minimum Gasteiger partial charge on any atom is -0.464 e. The van der Waals surface area contributed by atoms with E-state index >= 15 is 0 Å². The van der Waals surface area contributed by atoms with Gasteiger partial charge in [-0.25, -0.2) is 19.7 Å². The van der Waals surface area contributed by atoms with Crippen LogP contribution in [0.2, 0.25) is 0 Å². The Bertz CT molecular complexity index is 565. The number of carbonyl (C=O) groups is 1. The van der Waals surface area contributed by atoms with Gasteiger partial charge in [0.2, 0.25) is 0 Å². The van der Waals surface area contributed by atoms with Gasteiger partial charge in [-0.2, -0.15) is 0 Å². The van der Waals surface area contributed by atoms with Crippen LogP contribution in [0.25, 0.3) is 0 Å². The number of aromatic nitrogens is 3. The molecule has 0 saturated heterocycles. The van der Waals surface area contributed by atoms with Crippen molar-refractivity contribution in [2.24, 2.45) is 0 Å². The lowest BCUT2D eigenvalue weighted by Gasteiger charge is -2.02. The molecule has 0 aromatic carbocycles. The summed E-state index contributed by atoms with van der Waals surface area (Å²) in [7, 11) is 1.30. The van der Waals surface area contributed by atoms with E-state index < -0.39 is 5.97 Å². The zero-order valence-corrected chi connectivity index (χ0v) is 11.7. The first kappa shape index (κ1) is 13.4. The van der Waals surface area contributed by atoms with Gasteiger partial charge in [-0.3, -0.25) is 0 Å². The number of hydrogen-bond acceptors (Lipinski definition) is 7. The summed E-state index contributed by atoms with van der Waals surface area (Å²) in [5.41, 5.74) is 1.21. The standard InChI is InChI=1S/C12H14N4O2S/c1-7(2)9-6-19-12(15-9)16-10-5-13-8(4-14-10)11(17)18-3/h4-7H,1-3H3,(H,14,15,16). The van der Waals surface area contributed by atoms with E-state index in [-0.39, 0.29) is 5.69 Å². The van der Waals surface area contributed by atoms with Gasteiger partial charge >= 0.3 is 5.97 Å². The van der Waals surface area contributed by atoms with Gasteiger partial charge in [0.15, 0.2) is 16.6 Å². The van der Waals surface area contributed by atoms with Gasteiger partial charge in [0, 0.05) is 5.38 Å². The minimum atomic E-state index is -0.504. The molecule has 100 valence electrons. The normalized spacial score (nSPS) is 10.5. The lowest BCUT2D eigenvalue weighted by atomic mass is 10.2. The molecule has 0 bridgehead atoms.